The summed E-state index contributed by atoms with van der Waals surface area (Å²) in [7, 11) is 0. The summed E-state index contributed by atoms with van der Waals surface area (Å²) in [6, 6.07) is 81.4. The molecular weight excluding hydrogens is 735 g/mol. The van der Waals surface area contributed by atoms with Crippen molar-refractivity contribution in [2.45, 2.75) is 25.2 Å². The summed E-state index contributed by atoms with van der Waals surface area (Å²) >= 11 is 0. The standard InChI is InChI=1S/C60H43N/c1-2-15-50(16-3-1)61-59-21-11-10-20-56(59)58-39-49(32-35-60(58)61)54-34-31-43(52-17-8-9-19-55(52)54)30-33-51(48-29-28-47-37-46-14-6-7-18-53(46)57(47)38-48)42-25-22-41(23-26-42)45-27-24-40-12-4-5-13-44(40)36-45/h1-29,31-32,34-36,38-39,51H,30,33,37H2. The number of para-hydroxylation sites is 2. The molecule has 0 amide bonds. The molecule has 0 fully saturated rings. The molecule has 1 heteroatoms. The van der Waals surface area contributed by atoms with Gasteiger partial charge in [-0.25, -0.2) is 0 Å². The number of hydrogen-bond donors (Lipinski definition) is 0. The van der Waals surface area contributed by atoms with Gasteiger partial charge in [0, 0.05) is 22.4 Å². The van der Waals surface area contributed by atoms with Crippen LogP contribution in [0.25, 0.3) is 82.4 Å². The SMILES string of the molecule is c1ccc(-n2c3ccccc3c3cc(-c4ccc(CCC(c5ccc(-c6ccc7ccccc7c6)cc5)c5ccc6c(c5)-c5ccccc5C6)c5ccccc45)ccc32)cc1. The Labute approximate surface area is 356 Å². The molecule has 1 atom stereocenters. The summed E-state index contributed by atoms with van der Waals surface area (Å²) < 4.78 is 2.39. The first-order valence-electron chi connectivity index (χ1n) is 21.6. The van der Waals surface area contributed by atoms with E-state index in [1.54, 1.807) is 0 Å². The quantitative estimate of drug-likeness (QED) is 0.145. The number of hydrogen-bond acceptors (Lipinski definition) is 0. The van der Waals surface area contributed by atoms with Crippen molar-refractivity contribution >= 4 is 43.4 Å². The average Bonchev–Trinajstić information content (AvgIpc) is 3.87. The van der Waals surface area contributed by atoms with E-state index in [0.29, 0.717) is 0 Å². The minimum absolute atomic E-state index is 0.242. The van der Waals surface area contributed by atoms with Gasteiger partial charge in [-0.3, -0.25) is 0 Å². The Morgan fingerprint density at radius 3 is 1.93 bits per heavy atom. The second-order valence-electron chi connectivity index (χ2n) is 16.8. The highest BCUT2D eigenvalue weighted by atomic mass is 15.0. The maximum Gasteiger partial charge on any atom is 0.0541 e. The minimum atomic E-state index is 0.242. The molecule has 1 unspecified atom stereocenters. The average molecular weight is 778 g/mol. The zero-order valence-electron chi connectivity index (χ0n) is 33.9. The second-order valence-corrected chi connectivity index (χ2v) is 16.8. The van der Waals surface area contributed by atoms with E-state index in [1.165, 1.54) is 110 Å². The number of rotatable bonds is 8. The summed E-state index contributed by atoms with van der Waals surface area (Å²) in [4.78, 5) is 0. The maximum atomic E-state index is 2.50. The fourth-order valence-electron chi connectivity index (χ4n) is 10.3. The van der Waals surface area contributed by atoms with Crippen LogP contribution in [0.5, 0.6) is 0 Å². The summed E-state index contributed by atoms with van der Waals surface area (Å²) in [5.41, 5.74) is 18.4. The molecule has 0 bridgehead atoms. The Kier molecular flexibility index (Phi) is 8.52. The fraction of sp³-hybridized carbons (Fsp3) is 0.0667. The van der Waals surface area contributed by atoms with Crippen molar-refractivity contribution in [2.24, 2.45) is 0 Å². The molecule has 61 heavy (non-hydrogen) atoms. The highest BCUT2D eigenvalue weighted by Crippen LogP contribution is 2.42. The lowest BCUT2D eigenvalue weighted by Crippen LogP contribution is -2.04. The van der Waals surface area contributed by atoms with Gasteiger partial charge in [0.25, 0.3) is 0 Å². The lowest BCUT2D eigenvalue weighted by atomic mass is 9.83. The van der Waals surface area contributed by atoms with Gasteiger partial charge in [0.2, 0.25) is 0 Å². The Morgan fingerprint density at radius 1 is 0.377 bits per heavy atom. The molecule has 12 rings (SSSR count). The predicted octanol–water partition coefficient (Wildman–Crippen LogP) is 15.8. The predicted molar refractivity (Wildman–Crippen MR) is 258 cm³/mol. The van der Waals surface area contributed by atoms with E-state index < -0.39 is 0 Å². The third-order valence-corrected chi connectivity index (χ3v) is 13.3. The van der Waals surface area contributed by atoms with Gasteiger partial charge in [-0.15, -0.1) is 0 Å². The van der Waals surface area contributed by atoms with Crippen molar-refractivity contribution in [3.8, 4) is 39.1 Å². The molecule has 0 N–H and O–H groups in total. The van der Waals surface area contributed by atoms with Crippen molar-refractivity contribution in [2.75, 3.05) is 0 Å². The van der Waals surface area contributed by atoms with Crippen LogP contribution >= 0.6 is 0 Å². The molecule has 1 aliphatic carbocycles. The first-order valence-corrected chi connectivity index (χ1v) is 21.6. The normalized spacial score (nSPS) is 12.6. The fourth-order valence-corrected chi connectivity index (χ4v) is 10.3. The Bertz CT molecular complexity index is 3440. The van der Waals surface area contributed by atoms with Gasteiger partial charge in [0.1, 0.15) is 0 Å². The third-order valence-electron chi connectivity index (χ3n) is 13.3. The molecule has 10 aromatic carbocycles. The molecular formula is C60H43N. The molecule has 0 saturated carbocycles. The Hall–Kier alpha value is -7.48. The summed E-state index contributed by atoms with van der Waals surface area (Å²) in [5.74, 6) is 0.242. The first kappa shape index (κ1) is 35.5. The first-order chi connectivity index (χ1) is 30.2. The third kappa shape index (κ3) is 6.16. The molecule has 1 aromatic heterocycles. The molecule has 1 aliphatic rings. The van der Waals surface area contributed by atoms with Crippen LogP contribution in [0.3, 0.4) is 0 Å². The highest BCUT2D eigenvalue weighted by Gasteiger charge is 2.23. The van der Waals surface area contributed by atoms with E-state index in [2.05, 4.69) is 223 Å². The molecule has 288 valence electrons. The van der Waals surface area contributed by atoms with Crippen LogP contribution in [-0.4, -0.2) is 4.57 Å². The van der Waals surface area contributed by atoms with Crippen LogP contribution < -0.4 is 0 Å². The van der Waals surface area contributed by atoms with Gasteiger partial charge in [0.15, 0.2) is 0 Å². The van der Waals surface area contributed by atoms with Crippen LogP contribution in [-0.2, 0) is 12.8 Å². The largest absolute Gasteiger partial charge is 0.309 e. The van der Waals surface area contributed by atoms with E-state index in [9.17, 15) is 0 Å². The number of aromatic nitrogens is 1. The van der Waals surface area contributed by atoms with Crippen molar-refractivity contribution in [1.82, 2.24) is 4.57 Å². The maximum absolute atomic E-state index is 2.50. The van der Waals surface area contributed by atoms with E-state index in [4.69, 9.17) is 0 Å². The van der Waals surface area contributed by atoms with Crippen LogP contribution in [0.2, 0.25) is 0 Å². The highest BCUT2D eigenvalue weighted by molar-refractivity contribution is 6.11. The topological polar surface area (TPSA) is 4.93 Å². The lowest BCUT2D eigenvalue weighted by molar-refractivity contribution is 0.718. The summed E-state index contributed by atoms with van der Waals surface area (Å²) in [6.07, 6.45) is 2.98. The second kappa shape index (κ2) is 14.7. The molecule has 11 aromatic rings. The molecule has 0 radical (unpaired) electrons. The number of aryl methyl sites for hydroxylation is 1. The smallest absolute Gasteiger partial charge is 0.0541 e. The van der Waals surface area contributed by atoms with Gasteiger partial charge >= 0.3 is 0 Å². The molecule has 0 spiro atoms. The van der Waals surface area contributed by atoms with Crippen molar-refractivity contribution in [1.29, 1.82) is 0 Å². The van der Waals surface area contributed by atoms with E-state index >= 15 is 0 Å². The van der Waals surface area contributed by atoms with Crippen molar-refractivity contribution in [3.63, 3.8) is 0 Å². The van der Waals surface area contributed by atoms with E-state index in [0.717, 1.165) is 19.3 Å². The van der Waals surface area contributed by atoms with Crippen molar-refractivity contribution < 1.29 is 0 Å². The zero-order valence-corrected chi connectivity index (χ0v) is 33.9. The van der Waals surface area contributed by atoms with Crippen LogP contribution in [0.15, 0.2) is 218 Å². The molecule has 1 nitrogen and oxygen atoms in total. The number of benzene rings is 10. The number of nitrogens with zero attached hydrogens (tertiary/aromatic N) is 1. The lowest BCUT2D eigenvalue weighted by Gasteiger charge is -2.21. The van der Waals surface area contributed by atoms with Crippen LogP contribution in [0.1, 0.15) is 40.2 Å². The molecule has 1 heterocycles. The van der Waals surface area contributed by atoms with Gasteiger partial charge in [-0.2, -0.15) is 0 Å². The van der Waals surface area contributed by atoms with E-state index in [1.807, 2.05) is 0 Å². The Balaban J connectivity index is 0.915. The van der Waals surface area contributed by atoms with Gasteiger partial charge < -0.3 is 4.57 Å². The van der Waals surface area contributed by atoms with Crippen molar-refractivity contribution in [3.05, 3.63) is 246 Å². The number of fused-ring (bicyclic) bond motifs is 8. The van der Waals surface area contributed by atoms with E-state index in [-0.39, 0.29) is 5.92 Å². The monoisotopic (exact) mass is 777 g/mol. The van der Waals surface area contributed by atoms with Crippen LogP contribution in [0, 0.1) is 0 Å². The minimum Gasteiger partial charge on any atom is -0.309 e. The van der Waals surface area contributed by atoms with Gasteiger partial charge in [0.05, 0.1) is 11.0 Å². The Morgan fingerprint density at radius 2 is 1.05 bits per heavy atom. The summed E-state index contributed by atoms with van der Waals surface area (Å²) in [5, 5.41) is 7.73. The zero-order chi connectivity index (χ0) is 40.3. The summed E-state index contributed by atoms with van der Waals surface area (Å²) in [6.45, 7) is 0. The molecule has 0 aliphatic heterocycles. The van der Waals surface area contributed by atoms with Gasteiger partial charge in [-0.05, 0) is 138 Å². The van der Waals surface area contributed by atoms with Gasteiger partial charge in [-0.1, -0.05) is 182 Å². The van der Waals surface area contributed by atoms with Crippen LogP contribution in [0.4, 0.5) is 0 Å². The molecule has 0 saturated heterocycles.